The van der Waals surface area contributed by atoms with Crippen molar-refractivity contribution in [2.75, 3.05) is 0 Å². The summed E-state index contributed by atoms with van der Waals surface area (Å²) in [4.78, 5) is 16.6. The van der Waals surface area contributed by atoms with Gasteiger partial charge in [-0.15, -0.1) is 0 Å². The highest BCUT2D eigenvalue weighted by atomic mass is 32.1. The molecule has 4 aromatic rings. The zero-order chi connectivity index (χ0) is 16.0. The zero-order valence-electron chi connectivity index (χ0n) is 11.9. The summed E-state index contributed by atoms with van der Waals surface area (Å²) in [7, 11) is 0. The highest BCUT2D eigenvalue weighted by Crippen LogP contribution is 2.35. The van der Waals surface area contributed by atoms with E-state index in [1.54, 1.807) is 4.40 Å². The highest BCUT2D eigenvalue weighted by Gasteiger charge is 2.28. The van der Waals surface area contributed by atoms with Crippen LogP contribution in [0.25, 0.3) is 26.4 Å². The molecular formula is C17H12N2O3S. The number of para-hydroxylation sites is 1. The third-order valence-electron chi connectivity index (χ3n) is 3.73. The summed E-state index contributed by atoms with van der Waals surface area (Å²) in [5.41, 5.74) is 2.41. The number of fused-ring (bicyclic) bond motifs is 3. The van der Waals surface area contributed by atoms with Crippen LogP contribution in [0, 0.1) is 0 Å². The maximum Gasteiger partial charge on any atom is 0.338 e. The number of carboxylic acids is 1. The van der Waals surface area contributed by atoms with Crippen molar-refractivity contribution in [2.45, 2.75) is 6.10 Å². The van der Waals surface area contributed by atoms with Crippen molar-refractivity contribution in [3.8, 4) is 11.3 Å². The number of carbonyl (C=O) groups is 1. The van der Waals surface area contributed by atoms with Gasteiger partial charge in [0.25, 0.3) is 0 Å². The second-order valence-electron chi connectivity index (χ2n) is 5.14. The molecule has 114 valence electrons. The van der Waals surface area contributed by atoms with Crippen LogP contribution in [0.1, 0.15) is 11.8 Å². The number of imidazole rings is 1. The first-order valence-electron chi connectivity index (χ1n) is 7.03. The normalized spacial score (nSPS) is 12.7. The van der Waals surface area contributed by atoms with Crippen molar-refractivity contribution in [2.24, 2.45) is 0 Å². The van der Waals surface area contributed by atoms with Crippen molar-refractivity contribution >= 4 is 32.5 Å². The number of aliphatic hydroxyl groups excluding tert-OH is 1. The van der Waals surface area contributed by atoms with Gasteiger partial charge in [-0.3, -0.25) is 4.40 Å². The molecule has 0 aliphatic carbocycles. The summed E-state index contributed by atoms with van der Waals surface area (Å²) in [6, 6.07) is 17.0. The number of hydrogen-bond acceptors (Lipinski definition) is 4. The molecule has 0 aliphatic rings. The molecule has 0 fully saturated rings. The second-order valence-corrected chi connectivity index (χ2v) is 6.15. The van der Waals surface area contributed by atoms with Crippen molar-refractivity contribution in [3.63, 3.8) is 0 Å². The van der Waals surface area contributed by atoms with Gasteiger partial charge in [-0.2, -0.15) is 0 Å². The van der Waals surface area contributed by atoms with Gasteiger partial charge in [0.15, 0.2) is 11.1 Å². The second kappa shape index (κ2) is 5.19. The monoisotopic (exact) mass is 324 g/mol. The number of carboxylic acid groups (broad SMARTS) is 1. The molecule has 23 heavy (non-hydrogen) atoms. The first-order chi connectivity index (χ1) is 11.2. The summed E-state index contributed by atoms with van der Waals surface area (Å²) in [6.45, 7) is 0. The van der Waals surface area contributed by atoms with Gasteiger partial charge in [-0.05, 0) is 12.1 Å². The van der Waals surface area contributed by atoms with Crippen LogP contribution in [-0.2, 0) is 4.79 Å². The molecule has 0 saturated carbocycles. The Morgan fingerprint density at radius 2 is 1.78 bits per heavy atom. The zero-order valence-corrected chi connectivity index (χ0v) is 12.7. The quantitative estimate of drug-likeness (QED) is 0.606. The van der Waals surface area contributed by atoms with E-state index in [1.807, 2.05) is 54.6 Å². The summed E-state index contributed by atoms with van der Waals surface area (Å²) < 4.78 is 2.73. The van der Waals surface area contributed by atoms with Gasteiger partial charge in [-0.25, -0.2) is 9.78 Å². The van der Waals surface area contributed by atoms with Gasteiger partial charge in [0.05, 0.1) is 21.6 Å². The molecule has 1 atom stereocenters. The first-order valence-corrected chi connectivity index (χ1v) is 7.84. The fraction of sp³-hybridized carbons (Fsp3) is 0.0588. The summed E-state index contributed by atoms with van der Waals surface area (Å²) in [5.74, 6) is -1.29. The summed E-state index contributed by atoms with van der Waals surface area (Å²) in [6.07, 6.45) is -1.64. The SMILES string of the molecule is O=C(O)C(O)c1c(-c2ccccc2)nc2sc3ccccc3n12. The Balaban J connectivity index is 2.11. The molecule has 1 unspecified atom stereocenters. The van der Waals surface area contributed by atoms with E-state index in [0.29, 0.717) is 10.7 Å². The third-order valence-corrected chi connectivity index (χ3v) is 4.75. The average molecular weight is 324 g/mol. The predicted octanol–water partition coefficient (Wildman–Crippen LogP) is 3.33. The lowest BCUT2D eigenvalue weighted by atomic mass is 10.1. The molecule has 0 aliphatic heterocycles. The molecule has 2 aromatic carbocycles. The Kier molecular flexibility index (Phi) is 3.14. The van der Waals surface area contributed by atoms with Gasteiger partial charge in [0, 0.05) is 5.56 Å². The molecular weight excluding hydrogens is 312 g/mol. The number of rotatable bonds is 3. The number of aliphatic carboxylic acids is 1. The minimum Gasteiger partial charge on any atom is -0.479 e. The van der Waals surface area contributed by atoms with Crippen LogP contribution in [0.15, 0.2) is 54.6 Å². The first kappa shape index (κ1) is 13.9. The Morgan fingerprint density at radius 3 is 2.52 bits per heavy atom. The van der Waals surface area contributed by atoms with Crippen LogP contribution >= 0.6 is 11.3 Å². The molecule has 0 amide bonds. The van der Waals surface area contributed by atoms with Crippen LogP contribution in [0.5, 0.6) is 0 Å². The molecule has 0 radical (unpaired) electrons. The van der Waals surface area contributed by atoms with Crippen LogP contribution in [-0.4, -0.2) is 25.6 Å². The molecule has 6 heteroatoms. The molecule has 2 heterocycles. The third kappa shape index (κ3) is 2.11. The van der Waals surface area contributed by atoms with Crippen LogP contribution in [0.4, 0.5) is 0 Å². The Hall–Kier alpha value is -2.70. The van der Waals surface area contributed by atoms with E-state index in [2.05, 4.69) is 4.98 Å². The molecule has 2 aromatic heterocycles. The average Bonchev–Trinajstić information content (AvgIpc) is 3.10. The largest absolute Gasteiger partial charge is 0.479 e. The topological polar surface area (TPSA) is 74.8 Å². The number of aromatic nitrogens is 2. The lowest BCUT2D eigenvalue weighted by molar-refractivity contribution is -0.147. The van der Waals surface area contributed by atoms with E-state index in [9.17, 15) is 15.0 Å². The van der Waals surface area contributed by atoms with Gasteiger partial charge in [0.1, 0.15) is 0 Å². The van der Waals surface area contributed by atoms with E-state index >= 15 is 0 Å². The number of nitrogens with zero attached hydrogens (tertiary/aromatic N) is 2. The number of benzene rings is 2. The van der Waals surface area contributed by atoms with E-state index in [-0.39, 0.29) is 5.69 Å². The minimum absolute atomic E-state index is 0.288. The maximum atomic E-state index is 11.4. The molecule has 0 saturated heterocycles. The van der Waals surface area contributed by atoms with Crippen molar-refractivity contribution in [1.82, 2.24) is 9.38 Å². The fourth-order valence-corrected chi connectivity index (χ4v) is 3.75. The van der Waals surface area contributed by atoms with Crippen LogP contribution in [0.2, 0.25) is 0 Å². The Bertz CT molecular complexity index is 1020. The minimum atomic E-state index is -1.64. The number of hydrogen-bond donors (Lipinski definition) is 2. The van der Waals surface area contributed by atoms with Gasteiger partial charge >= 0.3 is 5.97 Å². The van der Waals surface area contributed by atoms with Gasteiger partial charge in [0.2, 0.25) is 0 Å². The van der Waals surface area contributed by atoms with Crippen molar-refractivity contribution in [1.29, 1.82) is 0 Å². The lowest BCUT2D eigenvalue weighted by Gasteiger charge is -2.08. The van der Waals surface area contributed by atoms with Crippen molar-refractivity contribution in [3.05, 3.63) is 60.3 Å². The van der Waals surface area contributed by atoms with E-state index in [4.69, 9.17) is 0 Å². The van der Waals surface area contributed by atoms with E-state index < -0.39 is 12.1 Å². The predicted molar refractivity (Wildman–Crippen MR) is 88.6 cm³/mol. The molecule has 5 nitrogen and oxygen atoms in total. The van der Waals surface area contributed by atoms with Gasteiger partial charge in [-0.1, -0.05) is 53.8 Å². The standard InChI is InChI=1S/C17H12N2O3S/c20-15(16(21)22)14-13(10-6-2-1-3-7-10)18-17-19(14)11-8-4-5-9-12(11)23-17/h1-9,15,20H,(H,21,22). The van der Waals surface area contributed by atoms with E-state index in [1.165, 1.54) is 11.3 Å². The Labute approximate surface area is 135 Å². The molecule has 0 spiro atoms. The fourth-order valence-electron chi connectivity index (χ4n) is 2.72. The summed E-state index contributed by atoms with van der Waals surface area (Å²) in [5, 5.41) is 19.6. The Morgan fingerprint density at radius 1 is 1.09 bits per heavy atom. The maximum absolute atomic E-state index is 11.4. The number of thiazole rings is 1. The molecule has 4 rings (SSSR count). The van der Waals surface area contributed by atoms with Crippen LogP contribution in [0.3, 0.4) is 0 Å². The van der Waals surface area contributed by atoms with E-state index in [0.717, 1.165) is 15.8 Å². The smallest absolute Gasteiger partial charge is 0.338 e. The number of aliphatic hydroxyl groups is 1. The lowest BCUT2D eigenvalue weighted by Crippen LogP contribution is -2.13. The highest BCUT2D eigenvalue weighted by molar-refractivity contribution is 7.23. The van der Waals surface area contributed by atoms with Crippen molar-refractivity contribution < 1.29 is 15.0 Å². The molecule has 0 bridgehead atoms. The molecule has 2 N–H and O–H groups in total. The van der Waals surface area contributed by atoms with Gasteiger partial charge < -0.3 is 10.2 Å². The van der Waals surface area contributed by atoms with Crippen LogP contribution < -0.4 is 0 Å². The summed E-state index contributed by atoms with van der Waals surface area (Å²) >= 11 is 1.47.